The standard InChI is InChI=1S/C32H38N4O2/c1-31(2,3)26-5-7-27(8-6-26)36-15-12-25(22-36)29(37)20-24-4-9-30(34-21-24)32(23-33)13-10-28(11-14-32)35-16-18-38-19-17-35/h4-9,12,15,21-22,28H,10-11,13-14,16-20H2,1-3H3. The smallest absolute Gasteiger partial charge is 0.168 e. The molecular formula is C32H38N4O2. The number of ketones is 1. The molecule has 1 saturated carbocycles. The quantitative estimate of drug-likeness (QED) is 0.402. The van der Waals surface area contributed by atoms with E-state index in [1.165, 1.54) is 5.56 Å². The van der Waals surface area contributed by atoms with Crippen molar-refractivity contribution in [3.63, 3.8) is 0 Å². The van der Waals surface area contributed by atoms with Gasteiger partial charge in [-0.05, 0) is 66.5 Å². The minimum Gasteiger partial charge on any atom is -0.379 e. The van der Waals surface area contributed by atoms with Crippen LogP contribution in [0.25, 0.3) is 5.69 Å². The summed E-state index contributed by atoms with van der Waals surface area (Å²) in [6.07, 6.45) is 9.55. The number of ether oxygens (including phenoxy) is 1. The summed E-state index contributed by atoms with van der Waals surface area (Å²) in [5.74, 6) is 0.0608. The molecule has 1 aliphatic heterocycles. The van der Waals surface area contributed by atoms with Crippen LogP contribution in [0.3, 0.4) is 0 Å². The maximum atomic E-state index is 13.0. The Morgan fingerprint density at radius 2 is 1.79 bits per heavy atom. The number of carbonyl (C=O) groups is 1. The van der Waals surface area contributed by atoms with Crippen molar-refractivity contribution in [3.05, 3.63) is 83.4 Å². The van der Waals surface area contributed by atoms with Gasteiger partial charge in [0.15, 0.2) is 5.78 Å². The molecule has 0 atom stereocenters. The number of hydrogen-bond donors (Lipinski definition) is 0. The van der Waals surface area contributed by atoms with Crippen molar-refractivity contribution in [2.24, 2.45) is 0 Å². The van der Waals surface area contributed by atoms with E-state index in [1.807, 2.05) is 35.2 Å². The van der Waals surface area contributed by atoms with Crippen molar-refractivity contribution < 1.29 is 9.53 Å². The molecule has 0 spiro atoms. The molecule has 2 aromatic heterocycles. The van der Waals surface area contributed by atoms with E-state index in [2.05, 4.69) is 56.0 Å². The number of Topliss-reactive ketones (excluding diaryl/α,β-unsaturated/α-hetero) is 1. The first-order valence-electron chi connectivity index (χ1n) is 13.8. The maximum absolute atomic E-state index is 13.0. The lowest BCUT2D eigenvalue weighted by Crippen LogP contribution is -2.47. The molecule has 3 aromatic rings. The fourth-order valence-corrected chi connectivity index (χ4v) is 5.78. The molecule has 6 nitrogen and oxygen atoms in total. The Bertz CT molecular complexity index is 1280. The first-order chi connectivity index (χ1) is 18.3. The topological polar surface area (TPSA) is 71.2 Å². The largest absolute Gasteiger partial charge is 0.379 e. The average molecular weight is 511 g/mol. The Morgan fingerprint density at radius 1 is 1.08 bits per heavy atom. The van der Waals surface area contributed by atoms with Crippen LogP contribution >= 0.6 is 0 Å². The van der Waals surface area contributed by atoms with Gasteiger partial charge in [0.05, 0.1) is 30.4 Å². The molecule has 0 unspecified atom stereocenters. The fourth-order valence-electron chi connectivity index (χ4n) is 5.78. The zero-order valence-corrected chi connectivity index (χ0v) is 22.8. The molecule has 38 heavy (non-hydrogen) atoms. The predicted molar refractivity (Wildman–Crippen MR) is 149 cm³/mol. The van der Waals surface area contributed by atoms with Gasteiger partial charge < -0.3 is 9.30 Å². The summed E-state index contributed by atoms with van der Waals surface area (Å²) in [6, 6.07) is 17.4. The first-order valence-corrected chi connectivity index (χ1v) is 13.8. The van der Waals surface area contributed by atoms with Gasteiger partial charge in [-0.1, -0.05) is 39.0 Å². The number of morpholine rings is 1. The Balaban J connectivity index is 1.21. The summed E-state index contributed by atoms with van der Waals surface area (Å²) in [6.45, 7) is 10.2. The third kappa shape index (κ3) is 5.60. The van der Waals surface area contributed by atoms with E-state index in [0.29, 0.717) is 18.0 Å². The van der Waals surface area contributed by atoms with Crippen molar-refractivity contribution in [2.75, 3.05) is 26.3 Å². The molecule has 1 saturated heterocycles. The lowest BCUT2D eigenvalue weighted by molar-refractivity contribution is 0.00493. The van der Waals surface area contributed by atoms with Crippen molar-refractivity contribution in [1.82, 2.24) is 14.5 Å². The molecule has 0 bridgehead atoms. The highest BCUT2D eigenvalue weighted by molar-refractivity contribution is 5.97. The third-order valence-electron chi connectivity index (χ3n) is 8.31. The maximum Gasteiger partial charge on any atom is 0.168 e. The summed E-state index contributed by atoms with van der Waals surface area (Å²) >= 11 is 0. The molecule has 0 amide bonds. The minimum atomic E-state index is -0.537. The summed E-state index contributed by atoms with van der Waals surface area (Å²) in [4.78, 5) is 20.2. The number of nitrogens with zero attached hydrogens (tertiary/aromatic N) is 4. The highest BCUT2D eigenvalue weighted by Crippen LogP contribution is 2.39. The lowest BCUT2D eigenvalue weighted by atomic mass is 9.71. The van der Waals surface area contributed by atoms with Crippen LogP contribution in [-0.4, -0.2) is 52.6 Å². The van der Waals surface area contributed by atoms with Gasteiger partial charge in [-0.3, -0.25) is 14.7 Å². The van der Waals surface area contributed by atoms with Crippen LogP contribution in [0.5, 0.6) is 0 Å². The first kappa shape index (κ1) is 26.3. The molecule has 0 N–H and O–H groups in total. The van der Waals surface area contributed by atoms with Gasteiger partial charge >= 0.3 is 0 Å². The van der Waals surface area contributed by atoms with Crippen LogP contribution in [0.2, 0.25) is 0 Å². The van der Waals surface area contributed by atoms with E-state index in [0.717, 1.165) is 68.9 Å². The monoisotopic (exact) mass is 510 g/mol. The molecule has 6 heteroatoms. The molecule has 0 radical (unpaired) electrons. The molecule has 198 valence electrons. The Kier molecular flexibility index (Phi) is 7.52. The molecular weight excluding hydrogens is 472 g/mol. The van der Waals surface area contributed by atoms with E-state index in [1.54, 1.807) is 6.20 Å². The van der Waals surface area contributed by atoms with Crippen molar-refractivity contribution in [3.8, 4) is 11.8 Å². The Hall–Kier alpha value is -3.27. The summed E-state index contributed by atoms with van der Waals surface area (Å²) in [5, 5.41) is 10.1. The molecule has 5 rings (SSSR count). The van der Waals surface area contributed by atoms with E-state index in [9.17, 15) is 10.1 Å². The normalized spacial score (nSPS) is 22.6. The van der Waals surface area contributed by atoms with Crippen LogP contribution < -0.4 is 0 Å². The average Bonchev–Trinajstić information content (AvgIpc) is 3.44. The van der Waals surface area contributed by atoms with Crippen LogP contribution in [0.15, 0.2) is 61.1 Å². The second-order valence-corrected chi connectivity index (χ2v) is 11.8. The zero-order valence-electron chi connectivity index (χ0n) is 22.8. The van der Waals surface area contributed by atoms with Crippen LogP contribution in [0.4, 0.5) is 0 Å². The van der Waals surface area contributed by atoms with Gasteiger partial charge in [0, 0.05) is 55.4 Å². The van der Waals surface area contributed by atoms with E-state index in [-0.39, 0.29) is 11.2 Å². The number of rotatable bonds is 6. The summed E-state index contributed by atoms with van der Waals surface area (Å²) < 4.78 is 7.49. The van der Waals surface area contributed by atoms with Gasteiger partial charge in [-0.15, -0.1) is 0 Å². The second kappa shape index (κ2) is 10.8. The number of nitriles is 1. The molecule has 1 aromatic carbocycles. The number of carbonyl (C=O) groups excluding carboxylic acids is 1. The molecule has 2 aliphatic rings. The van der Waals surface area contributed by atoms with Crippen molar-refractivity contribution in [1.29, 1.82) is 5.26 Å². The predicted octanol–water partition coefficient (Wildman–Crippen LogP) is 5.63. The highest BCUT2D eigenvalue weighted by atomic mass is 16.5. The number of benzene rings is 1. The van der Waals surface area contributed by atoms with Gasteiger partial charge in [0.1, 0.15) is 0 Å². The van der Waals surface area contributed by atoms with Gasteiger partial charge in [0.25, 0.3) is 0 Å². The van der Waals surface area contributed by atoms with Crippen molar-refractivity contribution >= 4 is 5.78 Å². The van der Waals surface area contributed by atoms with Gasteiger partial charge in [0.2, 0.25) is 0 Å². The van der Waals surface area contributed by atoms with Gasteiger partial charge in [-0.2, -0.15) is 5.26 Å². The third-order valence-corrected chi connectivity index (χ3v) is 8.31. The number of hydrogen-bond acceptors (Lipinski definition) is 5. The van der Waals surface area contributed by atoms with Crippen LogP contribution in [0.1, 0.15) is 73.6 Å². The van der Waals surface area contributed by atoms with E-state index < -0.39 is 5.41 Å². The highest BCUT2D eigenvalue weighted by Gasteiger charge is 2.40. The summed E-state index contributed by atoms with van der Waals surface area (Å²) in [7, 11) is 0. The number of pyridine rings is 1. The van der Waals surface area contributed by atoms with Crippen molar-refractivity contribution in [2.45, 2.75) is 69.7 Å². The zero-order chi connectivity index (χ0) is 26.8. The van der Waals surface area contributed by atoms with Gasteiger partial charge in [-0.25, -0.2) is 0 Å². The Labute approximate surface area is 226 Å². The van der Waals surface area contributed by atoms with Crippen LogP contribution in [-0.2, 0) is 22.0 Å². The molecule has 3 heterocycles. The molecule has 1 aliphatic carbocycles. The molecule has 2 fully saturated rings. The number of aromatic nitrogens is 2. The Morgan fingerprint density at radius 3 is 2.39 bits per heavy atom. The van der Waals surface area contributed by atoms with Crippen LogP contribution in [0, 0.1) is 11.3 Å². The SMILES string of the molecule is CC(C)(C)c1ccc(-n2ccc(C(=O)Cc3ccc(C4(C#N)CCC(N5CCOCC5)CC4)nc3)c2)cc1. The fraction of sp³-hybridized carbons (Fsp3) is 0.469. The summed E-state index contributed by atoms with van der Waals surface area (Å²) in [5.41, 5.74) is 4.28. The lowest BCUT2D eigenvalue weighted by Gasteiger charge is -2.41. The second-order valence-electron chi connectivity index (χ2n) is 11.8. The van der Waals surface area contributed by atoms with E-state index >= 15 is 0 Å². The minimum absolute atomic E-state index is 0.0608. The van der Waals surface area contributed by atoms with E-state index in [4.69, 9.17) is 9.72 Å².